The number of hydrazine groups is 1. The lowest BCUT2D eigenvalue weighted by atomic mass is 10.00. The Morgan fingerprint density at radius 2 is 2.00 bits per heavy atom. The molecule has 15 heavy (non-hydrogen) atoms. The maximum absolute atomic E-state index is 11.7. The second-order valence-electron chi connectivity index (χ2n) is 4.83. The van der Waals surface area contributed by atoms with E-state index in [1.807, 2.05) is 25.9 Å². The molecular formula is C11H22N2O2. The average Bonchev–Trinajstić information content (AvgIpc) is 2.46. The van der Waals surface area contributed by atoms with Crippen molar-refractivity contribution in [3.05, 3.63) is 0 Å². The van der Waals surface area contributed by atoms with E-state index in [2.05, 4.69) is 19.3 Å². The number of nitrogens with zero attached hydrogens (tertiary/aromatic N) is 1. The maximum atomic E-state index is 11.7. The summed E-state index contributed by atoms with van der Waals surface area (Å²) in [7, 11) is 1.90. The lowest BCUT2D eigenvalue weighted by molar-refractivity contribution is -0.152. The zero-order chi connectivity index (χ0) is 11.6. The van der Waals surface area contributed by atoms with Crippen molar-refractivity contribution in [2.24, 2.45) is 5.92 Å². The summed E-state index contributed by atoms with van der Waals surface area (Å²) in [5.74, 6) is 0.410. The molecule has 4 nitrogen and oxygen atoms in total. The van der Waals surface area contributed by atoms with E-state index in [9.17, 15) is 4.79 Å². The molecule has 1 aliphatic heterocycles. The van der Waals surface area contributed by atoms with Crippen molar-refractivity contribution in [3.63, 3.8) is 0 Å². The third-order valence-electron chi connectivity index (χ3n) is 2.74. The normalized spacial score (nSPS) is 27.7. The fraction of sp³-hybridized carbons (Fsp3) is 0.909. The molecule has 4 heteroatoms. The van der Waals surface area contributed by atoms with Crippen LogP contribution in [0.25, 0.3) is 0 Å². The Hall–Kier alpha value is -0.610. The van der Waals surface area contributed by atoms with Crippen LogP contribution in [0.2, 0.25) is 0 Å². The summed E-state index contributed by atoms with van der Waals surface area (Å²) in [5, 5.41) is 1.87. The summed E-state index contributed by atoms with van der Waals surface area (Å²) in [4.78, 5) is 11.7. The van der Waals surface area contributed by atoms with Gasteiger partial charge in [-0.15, -0.1) is 0 Å². The molecule has 2 atom stereocenters. The van der Waals surface area contributed by atoms with Gasteiger partial charge in [0.05, 0.1) is 6.10 Å². The third-order valence-corrected chi connectivity index (χ3v) is 2.74. The number of rotatable bonds is 3. The number of ether oxygens (including phenoxy) is 1. The van der Waals surface area contributed by atoms with Gasteiger partial charge in [0.25, 0.3) is 0 Å². The van der Waals surface area contributed by atoms with Crippen LogP contribution in [-0.2, 0) is 9.53 Å². The first-order valence-electron chi connectivity index (χ1n) is 5.61. The van der Waals surface area contributed by atoms with Crippen LogP contribution in [-0.4, -0.2) is 36.2 Å². The molecule has 0 bridgehead atoms. The van der Waals surface area contributed by atoms with E-state index in [-0.39, 0.29) is 18.1 Å². The van der Waals surface area contributed by atoms with Crippen LogP contribution < -0.4 is 5.43 Å². The van der Waals surface area contributed by atoms with E-state index < -0.39 is 0 Å². The van der Waals surface area contributed by atoms with Crippen LogP contribution in [0.15, 0.2) is 0 Å². The van der Waals surface area contributed by atoms with Crippen molar-refractivity contribution in [1.82, 2.24) is 10.4 Å². The van der Waals surface area contributed by atoms with Gasteiger partial charge in [0.1, 0.15) is 6.04 Å². The zero-order valence-corrected chi connectivity index (χ0v) is 10.3. The summed E-state index contributed by atoms with van der Waals surface area (Å²) in [6.45, 7) is 8.06. The summed E-state index contributed by atoms with van der Waals surface area (Å²) in [6.07, 6.45) is 0.795. The van der Waals surface area contributed by atoms with Crippen molar-refractivity contribution >= 4 is 5.97 Å². The summed E-state index contributed by atoms with van der Waals surface area (Å²) >= 11 is 0. The molecule has 1 heterocycles. The molecule has 0 amide bonds. The Balaban J connectivity index is 2.53. The zero-order valence-electron chi connectivity index (χ0n) is 10.3. The molecule has 0 aromatic rings. The van der Waals surface area contributed by atoms with Gasteiger partial charge in [-0.1, -0.05) is 13.8 Å². The minimum atomic E-state index is -0.139. The third kappa shape index (κ3) is 3.18. The van der Waals surface area contributed by atoms with Crippen LogP contribution >= 0.6 is 0 Å². The van der Waals surface area contributed by atoms with E-state index in [1.165, 1.54) is 0 Å². The smallest absolute Gasteiger partial charge is 0.325 e. The van der Waals surface area contributed by atoms with Gasteiger partial charge in [0, 0.05) is 13.1 Å². The van der Waals surface area contributed by atoms with Crippen molar-refractivity contribution in [2.75, 3.05) is 7.05 Å². The molecule has 0 aromatic heterocycles. The highest BCUT2D eigenvalue weighted by Crippen LogP contribution is 2.20. The minimum Gasteiger partial charge on any atom is -0.462 e. The fourth-order valence-corrected chi connectivity index (χ4v) is 1.79. The van der Waals surface area contributed by atoms with Gasteiger partial charge in [-0.05, 0) is 26.2 Å². The number of nitrogens with one attached hydrogen (secondary N) is 1. The highest BCUT2D eigenvalue weighted by molar-refractivity contribution is 5.76. The topological polar surface area (TPSA) is 41.6 Å². The lowest BCUT2D eigenvalue weighted by Crippen LogP contribution is -2.41. The van der Waals surface area contributed by atoms with Gasteiger partial charge >= 0.3 is 5.97 Å². The van der Waals surface area contributed by atoms with Crippen molar-refractivity contribution < 1.29 is 9.53 Å². The SMILES string of the molecule is CC(C)OC(=O)C1CC(C(C)C)NN1C. The Morgan fingerprint density at radius 3 is 2.40 bits per heavy atom. The van der Waals surface area contributed by atoms with Crippen molar-refractivity contribution in [3.8, 4) is 0 Å². The number of likely N-dealkylation sites (N-methyl/N-ethyl adjacent to an activating group) is 1. The number of carbonyl (C=O) groups is 1. The molecule has 0 radical (unpaired) electrons. The highest BCUT2D eigenvalue weighted by atomic mass is 16.5. The maximum Gasteiger partial charge on any atom is 0.325 e. The van der Waals surface area contributed by atoms with E-state index in [0.29, 0.717) is 12.0 Å². The van der Waals surface area contributed by atoms with Crippen LogP contribution in [0.4, 0.5) is 0 Å². The predicted octanol–water partition coefficient (Wildman–Crippen LogP) is 1.17. The Kier molecular flexibility index (Phi) is 4.11. The van der Waals surface area contributed by atoms with E-state index in [4.69, 9.17) is 4.74 Å². The first-order valence-corrected chi connectivity index (χ1v) is 5.61. The van der Waals surface area contributed by atoms with E-state index in [1.54, 1.807) is 0 Å². The number of hydrogen-bond acceptors (Lipinski definition) is 4. The Labute approximate surface area is 91.9 Å². The number of carbonyl (C=O) groups excluding carboxylic acids is 1. The van der Waals surface area contributed by atoms with Crippen LogP contribution in [0, 0.1) is 5.92 Å². The highest BCUT2D eigenvalue weighted by Gasteiger charge is 2.36. The second kappa shape index (κ2) is 4.94. The largest absolute Gasteiger partial charge is 0.462 e. The van der Waals surface area contributed by atoms with Crippen molar-refractivity contribution in [1.29, 1.82) is 0 Å². The number of hydrogen-bond donors (Lipinski definition) is 1. The lowest BCUT2D eigenvalue weighted by Gasteiger charge is -2.19. The Bertz CT molecular complexity index is 229. The number of esters is 1. The molecule has 0 saturated carbocycles. The summed E-state index contributed by atoms with van der Waals surface area (Å²) < 4.78 is 5.21. The van der Waals surface area contributed by atoms with Crippen LogP contribution in [0.1, 0.15) is 34.1 Å². The monoisotopic (exact) mass is 214 g/mol. The van der Waals surface area contributed by atoms with E-state index >= 15 is 0 Å². The second-order valence-corrected chi connectivity index (χ2v) is 4.83. The van der Waals surface area contributed by atoms with Gasteiger partial charge in [-0.2, -0.15) is 0 Å². The first kappa shape index (κ1) is 12.5. The van der Waals surface area contributed by atoms with Gasteiger partial charge < -0.3 is 4.74 Å². The van der Waals surface area contributed by atoms with Crippen LogP contribution in [0.3, 0.4) is 0 Å². The van der Waals surface area contributed by atoms with Crippen molar-refractivity contribution in [2.45, 2.75) is 52.3 Å². The quantitative estimate of drug-likeness (QED) is 0.716. The molecule has 1 saturated heterocycles. The molecular weight excluding hydrogens is 192 g/mol. The van der Waals surface area contributed by atoms with Gasteiger partial charge in [0.2, 0.25) is 0 Å². The Morgan fingerprint density at radius 1 is 1.40 bits per heavy atom. The van der Waals surface area contributed by atoms with E-state index in [0.717, 1.165) is 6.42 Å². The minimum absolute atomic E-state index is 0.0380. The molecule has 1 aliphatic rings. The standard InChI is InChI=1S/C11H22N2O2/c1-7(2)9-6-10(13(5)12-9)11(14)15-8(3)4/h7-10,12H,6H2,1-5H3. The molecule has 2 unspecified atom stereocenters. The summed E-state index contributed by atoms with van der Waals surface area (Å²) in [5.41, 5.74) is 3.29. The average molecular weight is 214 g/mol. The van der Waals surface area contributed by atoms with Gasteiger partial charge in [-0.3, -0.25) is 10.2 Å². The first-order chi connectivity index (χ1) is 6.91. The fourth-order valence-electron chi connectivity index (χ4n) is 1.79. The molecule has 88 valence electrons. The molecule has 1 fully saturated rings. The molecule has 0 aliphatic carbocycles. The van der Waals surface area contributed by atoms with Gasteiger partial charge in [-0.25, -0.2) is 5.01 Å². The predicted molar refractivity (Wildman–Crippen MR) is 59.2 cm³/mol. The molecule has 1 rings (SSSR count). The van der Waals surface area contributed by atoms with Crippen LogP contribution in [0.5, 0.6) is 0 Å². The van der Waals surface area contributed by atoms with Gasteiger partial charge in [0.15, 0.2) is 0 Å². The molecule has 1 N–H and O–H groups in total. The molecule has 0 spiro atoms. The summed E-state index contributed by atoms with van der Waals surface area (Å²) in [6, 6.07) is 0.236. The molecule has 0 aromatic carbocycles.